The zero-order valence-electron chi connectivity index (χ0n) is 17.1. The average Bonchev–Trinajstić information content (AvgIpc) is 2.82. The van der Waals surface area contributed by atoms with Crippen LogP contribution in [0.1, 0.15) is 17.1 Å². The monoisotopic (exact) mass is 420 g/mol. The van der Waals surface area contributed by atoms with Crippen LogP contribution in [0.5, 0.6) is 11.8 Å². The molecule has 0 radical (unpaired) electrons. The number of aliphatic imine (C=N–C) groups is 1. The second-order valence-corrected chi connectivity index (χ2v) is 6.93. The summed E-state index contributed by atoms with van der Waals surface area (Å²) >= 11 is 0. The summed E-state index contributed by atoms with van der Waals surface area (Å²) in [4.78, 5) is 24.2. The molecule has 1 aromatic carbocycles. The highest BCUT2D eigenvalue weighted by molar-refractivity contribution is 5.75. The molecule has 1 fully saturated rings. The van der Waals surface area contributed by atoms with E-state index in [0.29, 0.717) is 57.6 Å². The van der Waals surface area contributed by atoms with Crippen molar-refractivity contribution in [1.29, 1.82) is 0 Å². The molecule has 1 aliphatic heterocycles. The number of aromatic nitrogens is 4. The summed E-state index contributed by atoms with van der Waals surface area (Å²) < 4.78 is 11.2. The van der Waals surface area contributed by atoms with Crippen LogP contribution in [0.15, 0.2) is 53.7 Å². The van der Waals surface area contributed by atoms with E-state index in [9.17, 15) is 5.11 Å². The van der Waals surface area contributed by atoms with Gasteiger partial charge in [-0.3, -0.25) is 9.98 Å². The van der Waals surface area contributed by atoms with Crippen LogP contribution in [0.25, 0.3) is 0 Å². The topological polar surface area (TPSA) is 106 Å². The van der Waals surface area contributed by atoms with E-state index in [1.807, 2.05) is 35.2 Å². The van der Waals surface area contributed by atoms with Gasteiger partial charge in [0.2, 0.25) is 5.95 Å². The summed E-state index contributed by atoms with van der Waals surface area (Å²) in [6.45, 7) is 3.54. The Morgan fingerprint density at radius 3 is 2.68 bits per heavy atom. The van der Waals surface area contributed by atoms with Crippen molar-refractivity contribution in [2.75, 3.05) is 37.8 Å². The van der Waals surface area contributed by atoms with Crippen LogP contribution < -0.4 is 9.64 Å². The minimum absolute atomic E-state index is 0.229. The molecular weight excluding hydrogens is 396 g/mol. The first-order valence-electron chi connectivity index (χ1n) is 10.2. The predicted molar refractivity (Wildman–Crippen MR) is 116 cm³/mol. The number of anilines is 1. The minimum atomic E-state index is 0.229. The molecule has 3 aromatic rings. The number of hydrogen-bond donors (Lipinski definition) is 1. The van der Waals surface area contributed by atoms with Crippen molar-refractivity contribution in [3.63, 3.8) is 0 Å². The van der Waals surface area contributed by atoms with Crippen LogP contribution in [-0.4, -0.2) is 64.2 Å². The van der Waals surface area contributed by atoms with Crippen molar-refractivity contribution >= 4 is 12.2 Å². The van der Waals surface area contributed by atoms with E-state index in [1.165, 1.54) is 0 Å². The number of hydrogen-bond acceptors (Lipinski definition) is 9. The lowest BCUT2D eigenvalue weighted by atomic mass is 10.2. The lowest BCUT2D eigenvalue weighted by Crippen LogP contribution is -2.37. The second-order valence-electron chi connectivity index (χ2n) is 6.93. The van der Waals surface area contributed by atoms with Crippen molar-refractivity contribution in [3.05, 3.63) is 65.7 Å². The fourth-order valence-corrected chi connectivity index (χ4v) is 3.02. The third kappa shape index (κ3) is 6.19. The molecule has 0 unspecified atom stereocenters. The molecule has 2 aromatic heterocycles. The maximum absolute atomic E-state index is 9.39. The van der Waals surface area contributed by atoms with E-state index >= 15 is 0 Å². The first-order chi connectivity index (χ1) is 15.3. The van der Waals surface area contributed by atoms with E-state index in [-0.39, 0.29) is 11.8 Å². The summed E-state index contributed by atoms with van der Waals surface area (Å²) in [5, 5.41) is 9.39. The maximum Gasteiger partial charge on any atom is 0.321 e. The Kier molecular flexibility index (Phi) is 6.96. The fourth-order valence-electron chi connectivity index (χ4n) is 3.02. The summed E-state index contributed by atoms with van der Waals surface area (Å²) in [5.41, 5.74) is 1.92. The molecule has 0 spiro atoms. The number of phenols is 1. The van der Waals surface area contributed by atoms with Crippen LogP contribution in [0.3, 0.4) is 0 Å². The molecule has 0 bridgehead atoms. The highest BCUT2D eigenvalue weighted by atomic mass is 16.5. The van der Waals surface area contributed by atoms with Gasteiger partial charge < -0.3 is 19.5 Å². The van der Waals surface area contributed by atoms with E-state index in [4.69, 9.17) is 9.47 Å². The number of phenolic OH excluding ortho intramolecular Hbond substituents is 1. The van der Waals surface area contributed by atoms with Crippen molar-refractivity contribution in [2.24, 2.45) is 4.99 Å². The molecule has 9 heteroatoms. The molecule has 1 saturated heterocycles. The Hall–Kier alpha value is -3.59. The Morgan fingerprint density at radius 2 is 1.90 bits per heavy atom. The SMILES string of the molecule is Oc1ccc(CN=Cc2nc(OCCc3ccccn3)nc(N3CCOCC3)n2)cc1. The Labute approximate surface area is 180 Å². The van der Waals surface area contributed by atoms with E-state index in [1.54, 1.807) is 24.5 Å². The number of nitrogens with zero attached hydrogens (tertiary/aromatic N) is 6. The normalized spacial score (nSPS) is 14.1. The van der Waals surface area contributed by atoms with E-state index < -0.39 is 0 Å². The molecule has 1 aliphatic rings. The predicted octanol–water partition coefficient (Wildman–Crippen LogP) is 2.05. The van der Waals surface area contributed by atoms with Gasteiger partial charge in [0.05, 0.1) is 32.6 Å². The van der Waals surface area contributed by atoms with Gasteiger partial charge in [-0.1, -0.05) is 18.2 Å². The third-order valence-corrected chi connectivity index (χ3v) is 4.65. The first-order valence-corrected chi connectivity index (χ1v) is 10.2. The lowest BCUT2D eigenvalue weighted by Gasteiger charge is -2.26. The highest BCUT2D eigenvalue weighted by Crippen LogP contribution is 2.14. The Bertz CT molecular complexity index is 992. The zero-order valence-corrected chi connectivity index (χ0v) is 17.1. The Morgan fingerprint density at radius 1 is 1.06 bits per heavy atom. The largest absolute Gasteiger partial charge is 0.508 e. The van der Waals surface area contributed by atoms with Gasteiger partial charge in [0.1, 0.15) is 5.75 Å². The van der Waals surface area contributed by atoms with Crippen LogP contribution in [0, 0.1) is 0 Å². The van der Waals surface area contributed by atoms with E-state index in [2.05, 4.69) is 24.9 Å². The number of benzene rings is 1. The van der Waals surface area contributed by atoms with Crippen LogP contribution in [-0.2, 0) is 17.7 Å². The molecule has 31 heavy (non-hydrogen) atoms. The maximum atomic E-state index is 9.39. The van der Waals surface area contributed by atoms with Crippen molar-refractivity contribution in [2.45, 2.75) is 13.0 Å². The van der Waals surface area contributed by atoms with Gasteiger partial charge in [0.25, 0.3) is 0 Å². The number of morpholine rings is 1. The van der Waals surface area contributed by atoms with Crippen LogP contribution in [0.2, 0.25) is 0 Å². The number of pyridine rings is 1. The fraction of sp³-hybridized carbons (Fsp3) is 0.318. The summed E-state index contributed by atoms with van der Waals surface area (Å²) in [6, 6.07) is 13.0. The molecule has 160 valence electrons. The Balaban J connectivity index is 1.46. The molecule has 1 N–H and O–H groups in total. The molecule has 9 nitrogen and oxygen atoms in total. The smallest absolute Gasteiger partial charge is 0.321 e. The van der Waals surface area contributed by atoms with Gasteiger partial charge in [0.15, 0.2) is 5.82 Å². The van der Waals surface area contributed by atoms with Gasteiger partial charge in [-0.15, -0.1) is 0 Å². The van der Waals surface area contributed by atoms with Gasteiger partial charge in [-0.05, 0) is 29.8 Å². The van der Waals surface area contributed by atoms with Crippen LogP contribution >= 0.6 is 0 Å². The van der Waals surface area contributed by atoms with E-state index in [0.717, 1.165) is 11.3 Å². The van der Waals surface area contributed by atoms with Gasteiger partial charge >= 0.3 is 6.01 Å². The van der Waals surface area contributed by atoms with Crippen LogP contribution in [0.4, 0.5) is 5.95 Å². The minimum Gasteiger partial charge on any atom is -0.508 e. The molecule has 0 saturated carbocycles. The summed E-state index contributed by atoms with van der Waals surface area (Å²) in [5.74, 6) is 1.22. The zero-order chi connectivity index (χ0) is 21.3. The summed E-state index contributed by atoms with van der Waals surface area (Å²) in [7, 11) is 0. The van der Waals surface area contributed by atoms with Crippen molar-refractivity contribution < 1.29 is 14.6 Å². The molecule has 0 amide bonds. The average molecular weight is 420 g/mol. The molecular formula is C22H24N6O3. The van der Waals surface area contributed by atoms with Crippen molar-refractivity contribution in [3.8, 4) is 11.8 Å². The second kappa shape index (κ2) is 10.4. The summed E-state index contributed by atoms with van der Waals surface area (Å²) in [6.07, 6.45) is 4.03. The molecule has 0 aliphatic carbocycles. The quantitative estimate of drug-likeness (QED) is 0.552. The number of ether oxygens (including phenoxy) is 2. The molecule has 3 heterocycles. The first kappa shape index (κ1) is 20.7. The highest BCUT2D eigenvalue weighted by Gasteiger charge is 2.16. The van der Waals surface area contributed by atoms with Gasteiger partial charge in [0, 0.05) is 31.4 Å². The third-order valence-electron chi connectivity index (χ3n) is 4.65. The van der Waals surface area contributed by atoms with Gasteiger partial charge in [-0.2, -0.15) is 15.0 Å². The molecule has 4 rings (SSSR count). The molecule has 0 atom stereocenters. The van der Waals surface area contributed by atoms with Crippen molar-refractivity contribution in [1.82, 2.24) is 19.9 Å². The number of rotatable bonds is 8. The lowest BCUT2D eigenvalue weighted by molar-refractivity contribution is 0.122. The standard InChI is InChI=1S/C22H24N6O3/c29-19-6-4-17(5-7-19)15-23-16-20-25-21(28-10-13-30-14-11-28)27-22(26-20)31-12-8-18-3-1-2-9-24-18/h1-7,9,16,29H,8,10-15H2. The number of aromatic hydroxyl groups is 1. The van der Waals surface area contributed by atoms with Gasteiger partial charge in [-0.25, -0.2) is 0 Å².